The smallest absolute Gasteiger partial charge is 0.274 e. The number of carbonyl (C=O) groups is 1. The highest BCUT2D eigenvalue weighted by Gasteiger charge is 2.41. The first kappa shape index (κ1) is 18.0. The van der Waals surface area contributed by atoms with E-state index in [1.165, 1.54) is 0 Å². The van der Waals surface area contributed by atoms with Crippen molar-refractivity contribution in [3.8, 4) is 0 Å². The molecule has 0 bridgehead atoms. The Balaban J connectivity index is 1.47. The average molecular weight is 349 g/mol. The predicted octanol–water partition coefficient (Wildman–Crippen LogP) is 0.819. The van der Waals surface area contributed by atoms with Crippen molar-refractivity contribution < 1.29 is 14.3 Å². The molecule has 1 N–H and O–H groups in total. The van der Waals surface area contributed by atoms with Gasteiger partial charge in [0.05, 0.1) is 25.6 Å². The van der Waals surface area contributed by atoms with Crippen LogP contribution < -0.4 is 5.32 Å². The van der Waals surface area contributed by atoms with Gasteiger partial charge in [0.1, 0.15) is 11.5 Å². The summed E-state index contributed by atoms with van der Waals surface area (Å²) in [5.41, 5.74) is 0.378. The molecular weight excluding hydrogens is 322 g/mol. The maximum absolute atomic E-state index is 12.6. The van der Waals surface area contributed by atoms with Gasteiger partial charge in [-0.25, -0.2) is 9.97 Å². The number of amides is 1. The van der Waals surface area contributed by atoms with Crippen molar-refractivity contribution in [1.29, 1.82) is 0 Å². The summed E-state index contributed by atoms with van der Waals surface area (Å²) in [6.45, 7) is 4.36. The Morgan fingerprint density at radius 1 is 1.24 bits per heavy atom. The van der Waals surface area contributed by atoms with E-state index in [2.05, 4.69) is 20.2 Å². The fourth-order valence-corrected chi connectivity index (χ4v) is 3.14. The van der Waals surface area contributed by atoms with Crippen LogP contribution in [0.25, 0.3) is 0 Å². The van der Waals surface area contributed by atoms with Crippen molar-refractivity contribution in [1.82, 2.24) is 19.8 Å². The summed E-state index contributed by atoms with van der Waals surface area (Å²) >= 11 is 0. The molecular formula is C17H27N5O3. The van der Waals surface area contributed by atoms with Crippen LogP contribution in [0.4, 0.5) is 5.82 Å². The van der Waals surface area contributed by atoms with Crippen molar-refractivity contribution in [2.45, 2.75) is 25.0 Å². The second-order valence-electron chi connectivity index (χ2n) is 6.77. The highest BCUT2D eigenvalue weighted by atomic mass is 16.7. The first-order valence-electron chi connectivity index (χ1n) is 8.86. The molecule has 0 aromatic carbocycles. The van der Waals surface area contributed by atoms with Crippen LogP contribution >= 0.6 is 0 Å². The summed E-state index contributed by atoms with van der Waals surface area (Å²) in [7, 11) is 4.10. The normalized spacial score (nSPS) is 19.6. The van der Waals surface area contributed by atoms with E-state index in [0.717, 1.165) is 19.5 Å². The van der Waals surface area contributed by atoms with Gasteiger partial charge in [0.25, 0.3) is 5.91 Å². The fraction of sp³-hybridized carbons (Fsp3) is 0.706. The highest BCUT2D eigenvalue weighted by Crippen LogP contribution is 2.31. The molecule has 0 aliphatic carbocycles. The maximum Gasteiger partial charge on any atom is 0.274 e. The number of anilines is 1. The van der Waals surface area contributed by atoms with Crippen LogP contribution in [0.3, 0.4) is 0 Å². The van der Waals surface area contributed by atoms with E-state index in [1.54, 1.807) is 17.3 Å². The molecule has 8 nitrogen and oxygen atoms in total. The molecule has 1 aromatic heterocycles. The Kier molecular flexibility index (Phi) is 5.82. The van der Waals surface area contributed by atoms with Gasteiger partial charge in [-0.1, -0.05) is 0 Å². The summed E-state index contributed by atoms with van der Waals surface area (Å²) in [6, 6.07) is 0. The third-order valence-electron chi connectivity index (χ3n) is 4.59. The van der Waals surface area contributed by atoms with Crippen molar-refractivity contribution in [3.05, 3.63) is 18.1 Å². The van der Waals surface area contributed by atoms with Crippen molar-refractivity contribution in [2.75, 3.05) is 58.8 Å². The van der Waals surface area contributed by atoms with E-state index >= 15 is 0 Å². The Morgan fingerprint density at radius 3 is 2.56 bits per heavy atom. The number of nitrogens with zero attached hydrogens (tertiary/aromatic N) is 4. The first-order valence-corrected chi connectivity index (χ1v) is 8.86. The van der Waals surface area contributed by atoms with Crippen molar-refractivity contribution >= 4 is 11.7 Å². The highest BCUT2D eigenvalue weighted by molar-refractivity contribution is 5.92. The molecule has 2 aliphatic heterocycles. The maximum atomic E-state index is 12.6. The summed E-state index contributed by atoms with van der Waals surface area (Å²) in [6.07, 6.45) is 5.60. The fourth-order valence-electron chi connectivity index (χ4n) is 3.14. The van der Waals surface area contributed by atoms with Crippen molar-refractivity contribution in [2.24, 2.45) is 0 Å². The minimum absolute atomic E-state index is 0.0838. The number of hydrogen-bond donors (Lipinski definition) is 1. The molecule has 25 heavy (non-hydrogen) atoms. The zero-order valence-corrected chi connectivity index (χ0v) is 15.0. The minimum Gasteiger partial charge on any atom is -0.369 e. The summed E-state index contributed by atoms with van der Waals surface area (Å²) < 4.78 is 11.4. The van der Waals surface area contributed by atoms with E-state index in [-0.39, 0.29) is 5.91 Å². The number of ether oxygens (including phenoxy) is 2. The van der Waals surface area contributed by atoms with Crippen LogP contribution in [0.15, 0.2) is 12.4 Å². The van der Waals surface area contributed by atoms with E-state index in [4.69, 9.17) is 9.47 Å². The molecule has 1 aromatic rings. The largest absolute Gasteiger partial charge is 0.369 e. The second-order valence-corrected chi connectivity index (χ2v) is 6.77. The summed E-state index contributed by atoms with van der Waals surface area (Å²) in [5, 5.41) is 3.22. The van der Waals surface area contributed by atoms with Gasteiger partial charge in [0.2, 0.25) is 0 Å². The second kappa shape index (κ2) is 8.07. The molecule has 2 aliphatic rings. The van der Waals surface area contributed by atoms with Crippen LogP contribution in [0.5, 0.6) is 0 Å². The minimum atomic E-state index is -0.469. The van der Waals surface area contributed by atoms with Crippen LogP contribution in [0.2, 0.25) is 0 Å². The molecule has 0 unspecified atom stereocenters. The molecule has 138 valence electrons. The number of piperidine rings is 1. The predicted molar refractivity (Wildman–Crippen MR) is 93.5 cm³/mol. The van der Waals surface area contributed by atoms with Gasteiger partial charge in [-0.3, -0.25) is 4.79 Å². The molecule has 2 fully saturated rings. The Labute approximate surface area is 148 Å². The molecule has 0 saturated carbocycles. The third kappa shape index (κ3) is 4.65. The van der Waals surface area contributed by atoms with Gasteiger partial charge in [0, 0.05) is 32.5 Å². The summed E-state index contributed by atoms with van der Waals surface area (Å²) in [4.78, 5) is 25.1. The molecule has 3 rings (SSSR count). The van der Waals surface area contributed by atoms with Crippen LogP contribution in [-0.4, -0.2) is 85.0 Å². The average Bonchev–Trinajstić information content (AvgIpc) is 3.07. The number of aromatic nitrogens is 2. The SMILES string of the molecule is CN(C)CCCNc1cnc(C(=O)N2CCC3(CC2)OCCO3)cn1. The van der Waals surface area contributed by atoms with Crippen LogP contribution in [0.1, 0.15) is 29.8 Å². The van der Waals surface area contributed by atoms with E-state index in [0.29, 0.717) is 50.7 Å². The van der Waals surface area contributed by atoms with Gasteiger partial charge < -0.3 is 24.6 Å². The van der Waals surface area contributed by atoms with E-state index < -0.39 is 5.79 Å². The lowest BCUT2D eigenvalue weighted by Crippen LogP contribution is -2.47. The molecule has 3 heterocycles. The zero-order chi connectivity index (χ0) is 17.7. The number of hydrogen-bond acceptors (Lipinski definition) is 7. The molecule has 0 radical (unpaired) electrons. The van der Waals surface area contributed by atoms with E-state index in [9.17, 15) is 4.79 Å². The van der Waals surface area contributed by atoms with Crippen LogP contribution in [0, 0.1) is 0 Å². The van der Waals surface area contributed by atoms with Gasteiger partial charge in [0.15, 0.2) is 5.79 Å². The molecule has 1 amide bonds. The topological polar surface area (TPSA) is 79.8 Å². The van der Waals surface area contributed by atoms with Gasteiger partial charge in [-0.2, -0.15) is 0 Å². The Hall–Kier alpha value is -1.77. The third-order valence-corrected chi connectivity index (χ3v) is 4.59. The molecule has 8 heteroatoms. The number of rotatable bonds is 6. The monoisotopic (exact) mass is 349 g/mol. The Morgan fingerprint density at radius 2 is 1.96 bits per heavy atom. The van der Waals surface area contributed by atoms with E-state index in [1.807, 2.05) is 14.1 Å². The number of nitrogens with one attached hydrogen (secondary N) is 1. The molecule has 0 atom stereocenters. The van der Waals surface area contributed by atoms with Crippen LogP contribution in [-0.2, 0) is 9.47 Å². The lowest BCUT2D eigenvalue weighted by atomic mass is 10.0. The lowest BCUT2D eigenvalue weighted by molar-refractivity contribution is -0.181. The van der Waals surface area contributed by atoms with Crippen molar-refractivity contribution in [3.63, 3.8) is 0 Å². The lowest BCUT2D eigenvalue weighted by Gasteiger charge is -2.37. The number of carbonyl (C=O) groups excluding carboxylic acids is 1. The quantitative estimate of drug-likeness (QED) is 0.762. The molecule has 2 saturated heterocycles. The standard InChI is InChI=1S/C17H27N5O3/c1-21(2)7-3-6-18-15-13-19-14(12-20-15)16(23)22-8-4-17(5-9-22)24-10-11-25-17/h12-13H,3-11H2,1-2H3,(H,18,20). The van der Waals surface area contributed by atoms with Gasteiger partial charge >= 0.3 is 0 Å². The van der Waals surface area contributed by atoms with Gasteiger partial charge in [-0.05, 0) is 27.1 Å². The first-order chi connectivity index (χ1) is 12.1. The number of likely N-dealkylation sites (tertiary alicyclic amines) is 1. The molecule has 1 spiro atoms. The Bertz CT molecular complexity index is 562. The summed E-state index contributed by atoms with van der Waals surface area (Å²) in [5.74, 6) is 0.142. The zero-order valence-electron chi connectivity index (χ0n) is 15.0. The van der Waals surface area contributed by atoms with Gasteiger partial charge in [-0.15, -0.1) is 0 Å².